The second-order valence-electron chi connectivity index (χ2n) is 5.64. The minimum atomic E-state index is -3.41. The highest BCUT2D eigenvalue weighted by Crippen LogP contribution is 2.28. The van der Waals surface area contributed by atoms with Crippen LogP contribution in [-0.2, 0) is 21.9 Å². The van der Waals surface area contributed by atoms with Crippen LogP contribution < -0.4 is 5.32 Å². The number of carbonyl (C=O) groups excluding carboxylic acids is 1. The molecule has 6 nitrogen and oxygen atoms in total. The highest BCUT2D eigenvalue weighted by Gasteiger charge is 2.38. The molecule has 0 aliphatic carbocycles. The number of carbonyl (C=O) groups is 1. The molecule has 0 radical (unpaired) electrons. The number of nitrogens with one attached hydrogen (secondary N) is 1. The number of rotatable bonds is 2. The third-order valence-electron chi connectivity index (χ3n) is 4.23. The molecule has 20 heavy (non-hydrogen) atoms. The summed E-state index contributed by atoms with van der Waals surface area (Å²) < 4.78 is 28.4. The number of fused-ring (bicyclic) bond motifs is 1. The Kier molecular flexibility index (Phi) is 3.33. The Hall–Kier alpha value is -1.34. The molecular weight excluding hydrogens is 278 g/mol. The Morgan fingerprint density at radius 2 is 2.15 bits per heavy atom. The summed E-state index contributed by atoms with van der Waals surface area (Å²) in [7, 11) is -1.60. The van der Waals surface area contributed by atoms with Crippen LogP contribution >= 0.6 is 0 Å². The van der Waals surface area contributed by atoms with Crippen molar-refractivity contribution in [1.29, 1.82) is 0 Å². The normalized spacial score (nSPS) is 27.9. The van der Waals surface area contributed by atoms with E-state index in [1.165, 1.54) is 0 Å². The van der Waals surface area contributed by atoms with Crippen molar-refractivity contribution in [3.05, 3.63) is 18.5 Å². The fourth-order valence-corrected chi connectivity index (χ4v) is 4.64. The van der Waals surface area contributed by atoms with E-state index in [-0.39, 0.29) is 17.9 Å². The van der Waals surface area contributed by atoms with Gasteiger partial charge < -0.3 is 9.88 Å². The van der Waals surface area contributed by atoms with Crippen LogP contribution in [0, 0.1) is 5.92 Å². The van der Waals surface area contributed by atoms with Gasteiger partial charge in [-0.25, -0.2) is 8.42 Å². The second-order valence-corrected chi connectivity index (χ2v) is 7.58. The van der Waals surface area contributed by atoms with Crippen LogP contribution in [-0.4, -0.2) is 42.3 Å². The van der Waals surface area contributed by atoms with E-state index in [4.69, 9.17) is 0 Å². The third kappa shape index (κ3) is 2.35. The van der Waals surface area contributed by atoms with Gasteiger partial charge in [-0.2, -0.15) is 4.31 Å². The van der Waals surface area contributed by atoms with Crippen LogP contribution in [0.4, 0.5) is 0 Å². The van der Waals surface area contributed by atoms with E-state index in [0.717, 1.165) is 6.42 Å². The minimum Gasteiger partial charge on any atom is -0.356 e. The van der Waals surface area contributed by atoms with E-state index in [1.54, 1.807) is 27.3 Å². The molecule has 0 spiro atoms. The molecular formula is C13H19N3O3S. The summed E-state index contributed by atoms with van der Waals surface area (Å²) in [5.41, 5.74) is 0. The molecule has 0 aromatic carbocycles. The average Bonchev–Trinajstić information content (AvgIpc) is 2.85. The van der Waals surface area contributed by atoms with Crippen molar-refractivity contribution >= 4 is 15.9 Å². The smallest absolute Gasteiger partial charge is 0.244 e. The van der Waals surface area contributed by atoms with E-state index in [1.807, 2.05) is 7.05 Å². The summed E-state index contributed by atoms with van der Waals surface area (Å²) in [6.07, 6.45) is 5.34. The Labute approximate surface area is 118 Å². The number of aromatic nitrogens is 1. The molecule has 0 saturated carbocycles. The summed E-state index contributed by atoms with van der Waals surface area (Å²) >= 11 is 0. The van der Waals surface area contributed by atoms with Gasteiger partial charge in [0.2, 0.25) is 15.9 Å². The third-order valence-corrected chi connectivity index (χ3v) is 6.08. The van der Waals surface area contributed by atoms with Gasteiger partial charge in [-0.15, -0.1) is 0 Å². The molecule has 1 amide bonds. The first kappa shape index (κ1) is 13.6. The van der Waals surface area contributed by atoms with Gasteiger partial charge in [0, 0.05) is 45.0 Å². The number of nitrogens with zero attached hydrogens (tertiary/aromatic N) is 2. The summed E-state index contributed by atoms with van der Waals surface area (Å²) in [5, 5.41) is 2.97. The largest absolute Gasteiger partial charge is 0.356 e. The lowest BCUT2D eigenvalue weighted by Crippen LogP contribution is -2.54. The van der Waals surface area contributed by atoms with E-state index >= 15 is 0 Å². The first-order valence-electron chi connectivity index (χ1n) is 6.88. The molecule has 0 bridgehead atoms. The van der Waals surface area contributed by atoms with Gasteiger partial charge in [-0.3, -0.25) is 4.79 Å². The highest BCUT2D eigenvalue weighted by molar-refractivity contribution is 7.89. The Morgan fingerprint density at radius 1 is 1.35 bits per heavy atom. The number of amides is 1. The van der Waals surface area contributed by atoms with Crippen molar-refractivity contribution in [1.82, 2.24) is 14.2 Å². The molecule has 2 atom stereocenters. The molecule has 3 heterocycles. The van der Waals surface area contributed by atoms with Crippen LogP contribution in [0.15, 0.2) is 23.4 Å². The average molecular weight is 297 g/mol. The molecule has 7 heteroatoms. The van der Waals surface area contributed by atoms with Crippen LogP contribution in [0.1, 0.15) is 19.3 Å². The molecule has 2 unspecified atom stereocenters. The zero-order valence-corrected chi connectivity index (χ0v) is 12.3. The van der Waals surface area contributed by atoms with E-state index in [0.29, 0.717) is 30.8 Å². The Morgan fingerprint density at radius 3 is 2.85 bits per heavy atom. The highest BCUT2D eigenvalue weighted by atomic mass is 32.2. The molecule has 3 rings (SSSR count). The summed E-state index contributed by atoms with van der Waals surface area (Å²) in [6.45, 7) is 0.973. The molecule has 1 aromatic heterocycles. The van der Waals surface area contributed by atoms with Crippen molar-refractivity contribution in [3.63, 3.8) is 0 Å². The van der Waals surface area contributed by atoms with Crippen LogP contribution in [0.25, 0.3) is 0 Å². The van der Waals surface area contributed by atoms with Crippen molar-refractivity contribution in [2.75, 3.05) is 13.1 Å². The van der Waals surface area contributed by atoms with Crippen LogP contribution in [0.3, 0.4) is 0 Å². The SMILES string of the molecule is Cn1ccc(S(=O)(=O)N2CCC3NC(=O)CCC3C2)c1. The van der Waals surface area contributed by atoms with Gasteiger partial charge >= 0.3 is 0 Å². The van der Waals surface area contributed by atoms with E-state index < -0.39 is 10.0 Å². The predicted molar refractivity (Wildman–Crippen MR) is 73.4 cm³/mol. The van der Waals surface area contributed by atoms with Gasteiger partial charge in [0.15, 0.2) is 0 Å². The van der Waals surface area contributed by atoms with E-state index in [9.17, 15) is 13.2 Å². The zero-order valence-electron chi connectivity index (χ0n) is 11.4. The predicted octanol–water partition coefficient (Wildman–Crippen LogP) is 0.314. The molecule has 2 aliphatic heterocycles. The number of sulfonamides is 1. The molecule has 2 aliphatic rings. The fourth-order valence-electron chi connectivity index (χ4n) is 3.07. The number of hydrogen-bond donors (Lipinski definition) is 1. The molecule has 110 valence electrons. The van der Waals surface area contributed by atoms with Crippen molar-refractivity contribution in [2.24, 2.45) is 13.0 Å². The molecule has 1 N–H and O–H groups in total. The lowest BCUT2D eigenvalue weighted by atomic mass is 9.86. The zero-order chi connectivity index (χ0) is 14.3. The van der Waals surface area contributed by atoms with Crippen molar-refractivity contribution in [3.8, 4) is 0 Å². The lowest BCUT2D eigenvalue weighted by molar-refractivity contribution is -0.124. The molecule has 1 aromatic rings. The summed E-state index contributed by atoms with van der Waals surface area (Å²) in [5.74, 6) is 0.325. The van der Waals surface area contributed by atoms with Gasteiger partial charge in [-0.1, -0.05) is 0 Å². The number of aryl methyl sites for hydroxylation is 1. The van der Waals surface area contributed by atoms with Crippen molar-refractivity contribution in [2.45, 2.75) is 30.2 Å². The quantitative estimate of drug-likeness (QED) is 0.854. The molecule has 2 saturated heterocycles. The Balaban J connectivity index is 1.77. The van der Waals surface area contributed by atoms with Crippen molar-refractivity contribution < 1.29 is 13.2 Å². The second kappa shape index (κ2) is 4.89. The lowest BCUT2D eigenvalue weighted by Gasteiger charge is -2.40. The first-order chi connectivity index (χ1) is 9.46. The maximum atomic E-state index is 12.6. The standard InChI is InChI=1S/C13H19N3O3S/c1-15-6-4-11(9-15)20(18,19)16-7-5-12-10(8-16)2-3-13(17)14-12/h4,6,9-10,12H,2-3,5,7-8H2,1H3,(H,14,17). The minimum absolute atomic E-state index is 0.0885. The van der Waals surface area contributed by atoms with Gasteiger partial charge in [0.25, 0.3) is 0 Å². The van der Waals surface area contributed by atoms with Crippen LogP contribution in [0.5, 0.6) is 0 Å². The summed E-state index contributed by atoms with van der Waals surface area (Å²) in [4.78, 5) is 11.7. The number of hydrogen-bond acceptors (Lipinski definition) is 3. The number of piperidine rings is 2. The first-order valence-corrected chi connectivity index (χ1v) is 8.32. The summed E-state index contributed by atoms with van der Waals surface area (Å²) in [6, 6.07) is 1.77. The maximum absolute atomic E-state index is 12.6. The van der Waals surface area contributed by atoms with Gasteiger partial charge in [0.1, 0.15) is 0 Å². The maximum Gasteiger partial charge on any atom is 0.244 e. The van der Waals surface area contributed by atoms with E-state index in [2.05, 4.69) is 5.32 Å². The Bertz CT molecular complexity index is 623. The topological polar surface area (TPSA) is 71.4 Å². The van der Waals surface area contributed by atoms with Gasteiger partial charge in [0.05, 0.1) is 4.90 Å². The monoisotopic (exact) mass is 297 g/mol. The van der Waals surface area contributed by atoms with Crippen LogP contribution in [0.2, 0.25) is 0 Å². The fraction of sp³-hybridized carbons (Fsp3) is 0.615. The van der Waals surface area contributed by atoms with Gasteiger partial charge in [-0.05, 0) is 24.8 Å². The molecule has 2 fully saturated rings.